The van der Waals surface area contributed by atoms with Gasteiger partial charge in [0.1, 0.15) is 0 Å². The van der Waals surface area contributed by atoms with Crippen LogP contribution in [0.2, 0.25) is 10.0 Å². The van der Waals surface area contributed by atoms with Gasteiger partial charge in [0.25, 0.3) is 0 Å². The summed E-state index contributed by atoms with van der Waals surface area (Å²) in [6.07, 6.45) is -4.38. The van der Waals surface area contributed by atoms with Crippen LogP contribution in [0.3, 0.4) is 0 Å². The van der Waals surface area contributed by atoms with E-state index >= 15 is 0 Å². The number of aliphatic hydroxyl groups excluding tert-OH is 1. The SMILES string of the molecule is O=C([O-])c1ccc(Cl)c(NC(=S)Nc2ccc(Cl)cc2C(F)(F)F)c1NCCCO. The van der Waals surface area contributed by atoms with Gasteiger partial charge in [-0.15, -0.1) is 0 Å². The topological polar surface area (TPSA) is 96.5 Å². The Morgan fingerprint density at radius 1 is 1.13 bits per heavy atom. The molecular formula is C18H15Cl2F3N3O3S-. The lowest BCUT2D eigenvalue weighted by Crippen LogP contribution is -2.26. The first-order chi connectivity index (χ1) is 14.0. The van der Waals surface area contributed by atoms with Crippen LogP contribution in [0.1, 0.15) is 22.3 Å². The van der Waals surface area contributed by atoms with Gasteiger partial charge in [0.05, 0.1) is 33.6 Å². The van der Waals surface area contributed by atoms with E-state index in [1.54, 1.807) is 0 Å². The van der Waals surface area contributed by atoms with Crippen molar-refractivity contribution in [2.45, 2.75) is 12.6 Å². The highest BCUT2D eigenvalue weighted by molar-refractivity contribution is 7.80. The molecule has 0 aliphatic rings. The molecule has 2 aromatic rings. The second kappa shape index (κ2) is 10.2. The summed E-state index contributed by atoms with van der Waals surface area (Å²) in [6.45, 7) is 0.0507. The van der Waals surface area contributed by atoms with Crippen LogP contribution >= 0.6 is 35.4 Å². The molecule has 30 heavy (non-hydrogen) atoms. The number of carbonyl (C=O) groups is 1. The summed E-state index contributed by atoms with van der Waals surface area (Å²) in [5, 5.41) is 27.9. The van der Waals surface area contributed by atoms with Crippen molar-refractivity contribution in [3.8, 4) is 0 Å². The summed E-state index contributed by atoms with van der Waals surface area (Å²) in [4.78, 5) is 11.4. The van der Waals surface area contributed by atoms with E-state index in [2.05, 4.69) is 16.0 Å². The number of anilines is 3. The van der Waals surface area contributed by atoms with Crippen LogP contribution < -0.4 is 21.1 Å². The van der Waals surface area contributed by atoms with Crippen molar-refractivity contribution in [3.63, 3.8) is 0 Å². The van der Waals surface area contributed by atoms with E-state index in [9.17, 15) is 23.1 Å². The highest BCUT2D eigenvalue weighted by Crippen LogP contribution is 2.37. The Kier molecular flexibility index (Phi) is 8.13. The fourth-order valence-corrected chi connectivity index (χ4v) is 3.06. The van der Waals surface area contributed by atoms with Crippen molar-refractivity contribution in [3.05, 3.63) is 51.5 Å². The Morgan fingerprint density at radius 3 is 2.43 bits per heavy atom. The molecule has 0 saturated carbocycles. The fraction of sp³-hybridized carbons (Fsp3) is 0.222. The summed E-state index contributed by atoms with van der Waals surface area (Å²) in [5.74, 6) is -1.50. The Hall–Kier alpha value is -2.27. The summed E-state index contributed by atoms with van der Waals surface area (Å²) in [6, 6.07) is 5.60. The van der Waals surface area contributed by atoms with E-state index < -0.39 is 17.7 Å². The minimum absolute atomic E-state index is 0.0206. The minimum Gasteiger partial charge on any atom is -0.545 e. The van der Waals surface area contributed by atoms with Crippen molar-refractivity contribution in [2.75, 3.05) is 29.1 Å². The van der Waals surface area contributed by atoms with Crippen molar-refractivity contribution in [1.29, 1.82) is 0 Å². The Labute approximate surface area is 185 Å². The standard InChI is InChI=1S/C18H16Cl2F3N3O3S/c19-9-2-5-13(11(8-9)18(21,22)23)25-17(30)26-15-12(20)4-3-10(16(28)29)14(15)24-6-1-7-27/h2-5,8,24,27H,1,6-7H2,(H,28,29)(H2,25,26,30)/p-1. The number of carbonyl (C=O) groups excluding carboxylic acids is 1. The van der Waals surface area contributed by atoms with E-state index in [4.69, 9.17) is 40.5 Å². The third kappa shape index (κ3) is 6.11. The molecule has 12 heteroatoms. The molecule has 0 aliphatic carbocycles. The van der Waals surface area contributed by atoms with Gasteiger partial charge in [0.15, 0.2) is 5.11 Å². The summed E-state index contributed by atoms with van der Waals surface area (Å²) < 4.78 is 39.8. The molecule has 0 aliphatic heterocycles. The van der Waals surface area contributed by atoms with E-state index in [0.29, 0.717) is 6.42 Å². The molecule has 0 heterocycles. The van der Waals surface area contributed by atoms with E-state index in [-0.39, 0.29) is 50.9 Å². The molecule has 2 rings (SSSR count). The van der Waals surface area contributed by atoms with Gasteiger partial charge in [0, 0.05) is 23.7 Å². The zero-order valence-electron chi connectivity index (χ0n) is 15.1. The minimum atomic E-state index is -4.69. The quantitative estimate of drug-likeness (QED) is 0.351. The first kappa shape index (κ1) is 24.0. The van der Waals surface area contributed by atoms with Crippen molar-refractivity contribution in [2.24, 2.45) is 0 Å². The lowest BCUT2D eigenvalue weighted by atomic mass is 10.1. The van der Waals surface area contributed by atoms with Gasteiger partial charge in [-0.25, -0.2) is 0 Å². The highest BCUT2D eigenvalue weighted by atomic mass is 35.5. The second-order valence-corrected chi connectivity index (χ2v) is 7.16. The molecule has 6 nitrogen and oxygen atoms in total. The van der Waals surface area contributed by atoms with Crippen LogP contribution in [-0.2, 0) is 6.18 Å². The lowest BCUT2D eigenvalue weighted by Gasteiger charge is -2.21. The predicted molar refractivity (Wildman–Crippen MR) is 112 cm³/mol. The van der Waals surface area contributed by atoms with Gasteiger partial charge < -0.3 is 31.0 Å². The van der Waals surface area contributed by atoms with Crippen molar-refractivity contribution < 1.29 is 28.2 Å². The maximum atomic E-state index is 13.3. The number of carboxylic acid groups (broad SMARTS) is 1. The number of benzene rings is 2. The predicted octanol–water partition coefficient (Wildman–Crippen LogP) is 3.98. The normalized spacial score (nSPS) is 11.1. The maximum absolute atomic E-state index is 13.3. The van der Waals surface area contributed by atoms with Gasteiger partial charge in [-0.2, -0.15) is 13.2 Å². The second-order valence-electron chi connectivity index (χ2n) is 5.90. The zero-order valence-corrected chi connectivity index (χ0v) is 17.4. The first-order valence-electron chi connectivity index (χ1n) is 8.38. The number of rotatable bonds is 7. The number of halogens is 5. The first-order valence-corrected chi connectivity index (χ1v) is 9.54. The molecule has 0 spiro atoms. The number of thiocarbonyl (C=S) groups is 1. The Bertz CT molecular complexity index is 958. The molecule has 162 valence electrons. The molecule has 0 bridgehead atoms. The largest absolute Gasteiger partial charge is 0.545 e. The highest BCUT2D eigenvalue weighted by Gasteiger charge is 2.34. The van der Waals surface area contributed by atoms with Crippen LogP contribution in [-0.4, -0.2) is 29.3 Å². The fourth-order valence-electron chi connectivity index (χ4n) is 2.47. The number of carboxylic acids is 1. The molecule has 0 saturated heterocycles. The Balaban J connectivity index is 2.35. The van der Waals surface area contributed by atoms with E-state index in [0.717, 1.165) is 12.1 Å². The molecule has 0 fully saturated rings. The van der Waals surface area contributed by atoms with Gasteiger partial charge in [-0.1, -0.05) is 23.2 Å². The molecule has 0 unspecified atom stereocenters. The molecule has 4 N–H and O–H groups in total. The molecule has 0 radical (unpaired) electrons. The third-order valence-corrected chi connectivity index (χ3v) is 4.54. The number of hydrogen-bond donors (Lipinski definition) is 4. The van der Waals surface area contributed by atoms with Gasteiger partial charge in [0.2, 0.25) is 0 Å². The monoisotopic (exact) mass is 480 g/mol. The summed E-state index contributed by atoms with van der Waals surface area (Å²) >= 11 is 16.9. The molecule has 0 amide bonds. The number of nitrogens with one attached hydrogen (secondary N) is 3. The smallest absolute Gasteiger partial charge is 0.418 e. The van der Waals surface area contributed by atoms with Crippen molar-refractivity contribution >= 4 is 63.6 Å². The average molecular weight is 481 g/mol. The van der Waals surface area contributed by atoms with E-state index in [1.165, 1.54) is 18.2 Å². The third-order valence-electron chi connectivity index (χ3n) is 3.78. The molecule has 0 aromatic heterocycles. The van der Waals surface area contributed by atoms with Crippen LogP contribution in [0, 0.1) is 0 Å². The van der Waals surface area contributed by atoms with Gasteiger partial charge in [-0.3, -0.25) is 0 Å². The van der Waals surface area contributed by atoms with Gasteiger partial charge in [-0.05, 0) is 49.0 Å². The zero-order chi connectivity index (χ0) is 22.5. The Morgan fingerprint density at radius 2 is 1.83 bits per heavy atom. The summed E-state index contributed by atoms with van der Waals surface area (Å²) in [7, 11) is 0. The van der Waals surface area contributed by atoms with Crippen LogP contribution in [0.15, 0.2) is 30.3 Å². The maximum Gasteiger partial charge on any atom is 0.418 e. The summed E-state index contributed by atoms with van der Waals surface area (Å²) in [5.41, 5.74) is -1.59. The lowest BCUT2D eigenvalue weighted by molar-refractivity contribution is -0.254. The molecule has 2 aromatic carbocycles. The van der Waals surface area contributed by atoms with Crippen LogP contribution in [0.5, 0.6) is 0 Å². The molecular weight excluding hydrogens is 466 g/mol. The van der Waals surface area contributed by atoms with E-state index in [1.807, 2.05) is 0 Å². The average Bonchev–Trinajstić information content (AvgIpc) is 2.65. The number of aliphatic hydroxyl groups is 1. The van der Waals surface area contributed by atoms with Crippen molar-refractivity contribution in [1.82, 2.24) is 0 Å². The van der Waals surface area contributed by atoms with Crippen LogP contribution in [0.4, 0.5) is 30.2 Å². The van der Waals surface area contributed by atoms with Gasteiger partial charge >= 0.3 is 6.18 Å². The van der Waals surface area contributed by atoms with Crippen LogP contribution in [0.25, 0.3) is 0 Å². The number of aromatic carboxylic acids is 1. The number of alkyl halides is 3. The molecule has 0 atom stereocenters. The number of hydrogen-bond acceptors (Lipinski definition) is 5.